The molecule has 2 aliphatic carbocycles. The summed E-state index contributed by atoms with van der Waals surface area (Å²) in [5.74, 6) is -0.128. The van der Waals surface area contributed by atoms with Gasteiger partial charge in [-0.15, -0.1) is 0 Å². The number of carbonyl (C=O) groups is 1. The van der Waals surface area contributed by atoms with Crippen molar-refractivity contribution in [2.24, 2.45) is 0 Å². The van der Waals surface area contributed by atoms with Crippen LogP contribution in [-0.2, 0) is 39.0 Å². The zero-order valence-corrected chi connectivity index (χ0v) is 26.0. The molecule has 0 radical (unpaired) electrons. The number of ketones is 1. The van der Waals surface area contributed by atoms with E-state index in [4.69, 9.17) is 14.7 Å². The summed E-state index contributed by atoms with van der Waals surface area (Å²) >= 11 is 0. The summed E-state index contributed by atoms with van der Waals surface area (Å²) < 4.78 is 165. The van der Waals surface area contributed by atoms with E-state index in [0.717, 1.165) is 0 Å². The third kappa shape index (κ3) is 11.1. The number of Topliss-reactive ketones (excluding diaryl/α,β-unsaturated/α-hetero) is 1. The van der Waals surface area contributed by atoms with Crippen molar-refractivity contribution >= 4 is 5.78 Å². The maximum absolute atomic E-state index is 12.9. The van der Waals surface area contributed by atoms with Gasteiger partial charge in [-0.3, -0.25) is 4.79 Å². The smallest absolute Gasteiger partial charge is 0.366 e. The minimum absolute atomic E-state index is 0.0828. The van der Waals surface area contributed by atoms with Gasteiger partial charge < -0.3 is 9.47 Å². The molecule has 0 bridgehead atoms. The van der Waals surface area contributed by atoms with E-state index in [1.54, 1.807) is 6.08 Å². The van der Waals surface area contributed by atoms with Crippen molar-refractivity contribution in [3.8, 4) is 6.07 Å². The molecule has 0 fully saturated rings. The van der Waals surface area contributed by atoms with Gasteiger partial charge in [0, 0.05) is 5.57 Å². The summed E-state index contributed by atoms with van der Waals surface area (Å²) in [4.78, 5) is 11.3. The predicted octanol–water partition coefficient (Wildman–Crippen LogP) is 10.9. The molecule has 16 heteroatoms. The first-order valence-corrected chi connectivity index (χ1v) is 14.6. The first-order chi connectivity index (χ1) is 22.4. The fourth-order valence-electron chi connectivity index (χ4n) is 5.09. The highest BCUT2D eigenvalue weighted by atomic mass is 19.4. The van der Waals surface area contributed by atoms with Gasteiger partial charge in [-0.05, 0) is 112 Å². The van der Waals surface area contributed by atoms with Gasteiger partial charge >= 0.3 is 24.7 Å². The Balaban J connectivity index is 0.000000266. The number of hydrogen-bond donors (Lipinski definition) is 0. The maximum atomic E-state index is 12.9. The Bertz CT molecular complexity index is 1550. The highest BCUT2D eigenvalue weighted by molar-refractivity contribution is 5.93. The van der Waals surface area contributed by atoms with Crippen LogP contribution in [0.2, 0.25) is 0 Å². The number of nitriles is 1. The Morgan fingerprint density at radius 3 is 1.29 bits per heavy atom. The lowest BCUT2D eigenvalue weighted by molar-refractivity contribution is -0.145. The Kier molecular flexibility index (Phi) is 12.1. The van der Waals surface area contributed by atoms with Crippen molar-refractivity contribution in [1.82, 2.24) is 0 Å². The molecule has 0 saturated heterocycles. The lowest BCUT2D eigenvalue weighted by Crippen LogP contribution is -2.15. The number of ether oxygens (including phenoxy) is 2. The van der Waals surface area contributed by atoms with Gasteiger partial charge in [0.2, 0.25) is 0 Å². The van der Waals surface area contributed by atoms with E-state index >= 15 is 0 Å². The third-order valence-corrected chi connectivity index (χ3v) is 7.68. The molecule has 4 rings (SSSR count). The second-order valence-electron chi connectivity index (χ2n) is 11.4. The van der Waals surface area contributed by atoms with E-state index in [2.05, 4.69) is 0 Å². The predicted molar refractivity (Wildman–Crippen MR) is 150 cm³/mol. The number of nitrogens with zero attached hydrogens (tertiary/aromatic N) is 1. The van der Waals surface area contributed by atoms with E-state index in [0.29, 0.717) is 61.1 Å². The van der Waals surface area contributed by atoms with Crippen LogP contribution < -0.4 is 0 Å². The van der Waals surface area contributed by atoms with Gasteiger partial charge in [0.15, 0.2) is 5.78 Å². The Labute approximate surface area is 273 Å². The monoisotopic (exact) mass is 715 g/mol. The number of carbonyl (C=O) groups excluding carboxylic acids is 1. The van der Waals surface area contributed by atoms with Crippen molar-refractivity contribution in [1.29, 1.82) is 5.26 Å². The SMILES string of the molecule is CC(=O)C1=CC(O[C@H](C)c2cc(C(F)(F)F)cc(C(F)(F)F)c2)CC1.C[C@@H](OC1C=C(C#N)CC1)c1cc(C(F)(F)F)cc(C(F)(F)F)c1. The third-order valence-electron chi connectivity index (χ3n) is 7.68. The van der Waals surface area contributed by atoms with Crippen molar-refractivity contribution < 1.29 is 67.0 Å². The molecule has 4 atom stereocenters. The first kappa shape index (κ1) is 39.6. The van der Waals surface area contributed by atoms with E-state index in [1.807, 2.05) is 6.07 Å². The Morgan fingerprint density at radius 2 is 1.00 bits per heavy atom. The summed E-state index contributed by atoms with van der Waals surface area (Å²) in [6, 6.07) is 4.74. The first-order valence-electron chi connectivity index (χ1n) is 14.6. The van der Waals surface area contributed by atoms with Crippen LogP contribution >= 0.6 is 0 Å². The summed E-state index contributed by atoms with van der Waals surface area (Å²) in [5, 5.41) is 8.76. The fourth-order valence-corrected chi connectivity index (χ4v) is 5.09. The number of hydrogen-bond acceptors (Lipinski definition) is 4. The van der Waals surface area contributed by atoms with Gasteiger partial charge in [0.25, 0.3) is 0 Å². The minimum Gasteiger partial charge on any atom is -0.366 e. The molecule has 0 saturated carbocycles. The molecule has 2 aromatic carbocycles. The summed E-state index contributed by atoms with van der Waals surface area (Å²) in [5.41, 5.74) is -4.88. The van der Waals surface area contributed by atoms with E-state index < -0.39 is 71.4 Å². The molecule has 4 nitrogen and oxygen atoms in total. The van der Waals surface area contributed by atoms with Gasteiger partial charge in [-0.2, -0.15) is 57.9 Å². The van der Waals surface area contributed by atoms with Crippen LogP contribution in [0.15, 0.2) is 59.7 Å². The molecule has 0 spiro atoms. The van der Waals surface area contributed by atoms with Crippen molar-refractivity contribution in [3.63, 3.8) is 0 Å². The van der Waals surface area contributed by atoms with Crippen LogP contribution in [0.5, 0.6) is 0 Å². The highest BCUT2D eigenvalue weighted by Crippen LogP contribution is 2.40. The average Bonchev–Trinajstić information content (AvgIpc) is 3.65. The van der Waals surface area contributed by atoms with Crippen molar-refractivity contribution in [2.45, 2.75) is 95.6 Å². The van der Waals surface area contributed by atoms with Crippen molar-refractivity contribution in [3.05, 3.63) is 93.1 Å². The van der Waals surface area contributed by atoms with Crippen LogP contribution in [0.4, 0.5) is 52.7 Å². The number of benzene rings is 2. The second-order valence-corrected chi connectivity index (χ2v) is 11.4. The van der Waals surface area contributed by atoms with Gasteiger partial charge in [-0.1, -0.05) is 0 Å². The molecule has 2 aromatic rings. The number of rotatable bonds is 7. The number of allylic oxidation sites excluding steroid dienone is 2. The molecule has 0 aliphatic heterocycles. The molecule has 0 aromatic heterocycles. The highest BCUT2D eigenvalue weighted by Gasteiger charge is 2.39. The molecule has 49 heavy (non-hydrogen) atoms. The maximum Gasteiger partial charge on any atom is 0.416 e. The van der Waals surface area contributed by atoms with Gasteiger partial charge in [0.1, 0.15) is 0 Å². The second kappa shape index (κ2) is 15.0. The molecule has 0 amide bonds. The summed E-state index contributed by atoms with van der Waals surface area (Å²) in [7, 11) is 0. The van der Waals surface area contributed by atoms with Crippen LogP contribution in [0.25, 0.3) is 0 Å². The van der Waals surface area contributed by atoms with Crippen molar-refractivity contribution in [2.75, 3.05) is 0 Å². The van der Waals surface area contributed by atoms with Crippen LogP contribution in [0.3, 0.4) is 0 Å². The zero-order chi connectivity index (χ0) is 37.1. The normalized spacial score (nSPS) is 19.7. The van der Waals surface area contributed by atoms with E-state index in [1.165, 1.54) is 26.8 Å². The van der Waals surface area contributed by atoms with E-state index in [9.17, 15) is 57.5 Å². The number of alkyl halides is 12. The zero-order valence-electron chi connectivity index (χ0n) is 26.0. The number of halogens is 12. The fraction of sp³-hybridized carbons (Fsp3) is 0.455. The molecular formula is C33H29F12NO3. The summed E-state index contributed by atoms with van der Waals surface area (Å²) in [6.45, 7) is 4.16. The largest absolute Gasteiger partial charge is 0.416 e. The van der Waals surface area contributed by atoms with Gasteiger partial charge in [0.05, 0.1) is 52.7 Å². The van der Waals surface area contributed by atoms with Crippen LogP contribution in [0, 0.1) is 11.3 Å². The topological polar surface area (TPSA) is 59.3 Å². The quantitative estimate of drug-likeness (QED) is 0.268. The summed E-state index contributed by atoms with van der Waals surface area (Å²) in [6.07, 6.45) is -17.6. The lowest BCUT2D eigenvalue weighted by Gasteiger charge is -2.20. The average molecular weight is 716 g/mol. The molecule has 2 unspecified atom stereocenters. The Hall–Kier alpha value is -3.84. The Morgan fingerprint density at radius 1 is 0.653 bits per heavy atom. The molecule has 0 N–H and O–H groups in total. The molecular weight excluding hydrogens is 686 g/mol. The molecule has 268 valence electrons. The molecule has 2 aliphatic rings. The lowest BCUT2D eigenvalue weighted by atomic mass is 10.0. The van der Waals surface area contributed by atoms with Gasteiger partial charge in [-0.25, -0.2) is 0 Å². The van der Waals surface area contributed by atoms with E-state index in [-0.39, 0.29) is 29.0 Å². The molecule has 0 heterocycles. The van der Waals surface area contributed by atoms with Crippen LogP contribution in [-0.4, -0.2) is 18.0 Å². The van der Waals surface area contributed by atoms with Crippen LogP contribution in [0.1, 0.15) is 92.0 Å². The minimum atomic E-state index is -4.90. The standard InChI is InChI=1S/C17H16F6O2.C16H13F6NO/c1-9(24)11-3-4-15(7-11)25-10(2)12-5-13(16(18,19)20)8-14(6-12)17(21,22)23;1-9(24-14-3-2-10(4-14)8-23)11-5-12(15(17,18)19)7-13(6-11)16(20,21)22/h5-8,10,15H,3-4H2,1-2H3;4-7,9,14H,2-3H2,1H3/t10-,15?;9-,14?/m11/s1.